The van der Waals surface area contributed by atoms with Crippen molar-refractivity contribution < 1.29 is 4.42 Å². The molecule has 10 aromatic rings. The third kappa shape index (κ3) is 5.21. The molecule has 12 rings (SSSR count). The lowest BCUT2D eigenvalue weighted by molar-refractivity contribution is 0.655. The molecular weight excluding hydrogens is 717 g/mol. The van der Waals surface area contributed by atoms with Gasteiger partial charge in [-0.25, -0.2) is 9.98 Å². The zero-order valence-electron chi connectivity index (χ0n) is 30.8. The molecule has 2 aliphatic rings. The van der Waals surface area contributed by atoms with Crippen LogP contribution in [0.1, 0.15) is 46.1 Å². The predicted molar refractivity (Wildman–Crippen MR) is 238 cm³/mol. The van der Waals surface area contributed by atoms with Crippen molar-refractivity contribution in [1.82, 2.24) is 9.88 Å². The number of thiophene rings is 1. The van der Waals surface area contributed by atoms with Crippen LogP contribution in [-0.4, -0.2) is 16.2 Å². The molecule has 6 heteroatoms. The van der Waals surface area contributed by atoms with Gasteiger partial charge in [0.1, 0.15) is 23.2 Å². The maximum absolute atomic E-state index is 6.36. The van der Waals surface area contributed by atoms with Crippen LogP contribution in [-0.2, 0) is 6.42 Å². The van der Waals surface area contributed by atoms with E-state index in [9.17, 15) is 0 Å². The zero-order valence-corrected chi connectivity index (χ0v) is 31.6. The van der Waals surface area contributed by atoms with Crippen LogP contribution in [0.25, 0.3) is 70.4 Å². The van der Waals surface area contributed by atoms with E-state index in [0.717, 1.165) is 63.0 Å². The largest absolute Gasteiger partial charge is 0.456 e. The van der Waals surface area contributed by atoms with Gasteiger partial charge < -0.3 is 14.3 Å². The average Bonchev–Trinajstić information content (AvgIpc) is 3.95. The molecule has 4 heterocycles. The van der Waals surface area contributed by atoms with E-state index in [0.29, 0.717) is 5.84 Å². The van der Waals surface area contributed by atoms with E-state index in [1.807, 2.05) is 23.5 Å². The van der Waals surface area contributed by atoms with Crippen molar-refractivity contribution in [2.75, 3.05) is 0 Å². The fourth-order valence-electron chi connectivity index (χ4n) is 8.95. The molecular formula is C51H34N4OS. The highest BCUT2D eigenvalue weighted by Gasteiger charge is 2.26. The summed E-state index contributed by atoms with van der Waals surface area (Å²) in [5.41, 5.74) is 12.3. The van der Waals surface area contributed by atoms with Crippen LogP contribution in [0, 0.1) is 0 Å². The normalized spacial score (nSPS) is 15.5. The Morgan fingerprint density at radius 2 is 1.37 bits per heavy atom. The van der Waals surface area contributed by atoms with Crippen LogP contribution in [0.5, 0.6) is 0 Å². The third-order valence-electron chi connectivity index (χ3n) is 11.6. The Morgan fingerprint density at radius 1 is 0.614 bits per heavy atom. The van der Waals surface area contributed by atoms with E-state index >= 15 is 0 Å². The van der Waals surface area contributed by atoms with Crippen LogP contribution in [0.15, 0.2) is 178 Å². The number of fused-ring (bicyclic) bond motifs is 9. The topological polar surface area (TPSA) is 54.8 Å². The number of allylic oxidation sites excluding steroid dienone is 1. The zero-order chi connectivity index (χ0) is 37.5. The second-order valence-corrected chi connectivity index (χ2v) is 16.0. The quantitative estimate of drug-likeness (QED) is 0.190. The van der Waals surface area contributed by atoms with E-state index in [1.165, 1.54) is 53.5 Å². The summed E-state index contributed by atoms with van der Waals surface area (Å²) in [6, 6.07) is 58.1. The van der Waals surface area contributed by atoms with Gasteiger partial charge in [-0.1, -0.05) is 121 Å². The number of para-hydroxylation sites is 2. The highest BCUT2D eigenvalue weighted by atomic mass is 32.1. The summed E-state index contributed by atoms with van der Waals surface area (Å²) < 4.78 is 11.3. The molecule has 1 N–H and O–H groups in total. The molecule has 3 aromatic heterocycles. The molecule has 1 unspecified atom stereocenters. The van der Waals surface area contributed by atoms with E-state index in [-0.39, 0.29) is 0 Å². The van der Waals surface area contributed by atoms with Gasteiger partial charge in [0.2, 0.25) is 0 Å². The molecule has 0 amide bonds. The number of amidine groups is 2. The maximum Gasteiger partial charge on any atom is 0.159 e. The first-order chi connectivity index (χ1) is 28.2. The average molecular weight is 751 g/mol. The lowest BCUT2D eigenvalue weighted by Crippen LogP contribution is -2.33. The van der Waals surface area contributed by atoms with E-state index in [2.05, 4.69) is 168 Å². The van der Waals surface area contributed by atoms with Gasteiger partial charge in [0.25, 0.3) is 0 Å². The second-order valence-electron chi connectivity index (χ2n) is 14.9. The number of nitrogens with zero attached hydrogens (tertiary/aromatic N) is 3. The van der Waals surface area contributed by atoms with Crippen LogP contribution in [0.4, 0.5) is 0 Å². The van der Waals surface area contributed by atoms with Gasteiger partial charge >= 0.3 is 0 Å². The Hall–Kier alpha value is -7.02. The van der Waals surface area contributed by atoms with Crippen molar-refractivity contribution in [3.05, 3.63) is 197 Å². The minimum absolute atomic E-state index is 0.398. The van der Waals surface area contributed by atoms with Crippen LogP contribution < -0.4 is 5.32 Å². The van der Waals surface area contributed by atoms with Gasteiger partial charge in [-0.3, -0.25) is 0 Å². The summed E-state index contributed by atoms with van der Waals surface area (Å²) in [6.07, 6.45) is 4.01. The molecule has 0 saturated heterocycles. The van der Waals surface area contributed by atoms with Gasteiger partial charge in [0.15, 0.2) is 5.84 Å². The molecule has 270 valence electrons. The van der Waals surface area contributed by atoms with Crippen molar-refractivity contribution >= 4 is 87.7 Å². The van der Waals surface area contributed by atoms with Crippen molar-refractivity contribution in [1.29, 1.82) is 0 Å². The Bertz CT molecular complexity index is 3340. The second kappa shape index (κ2) is 12.8. The Labute approximate surface area is 332 Å². The smallest absolute Gasteiger partial charge is 0.159 e. The lowest BCUT2D eigenvalue weighted by atomic mass is 9.91. The van der Waals surface area contributed by atoms with E-state index in [1.54, 1.807) is 0 Å². The fourth-order valence-corrected chi connectivity index (χ4v) is 10.1. The Morgan fingerprint density at radius 3 is 2.30 bits per heavy atom. The highest BCUT2D eigenvalue weighted by molar-refractivity contribution is 7.25. The summed E-state index contributed by atoms with van der Waals surface area (Å²) in [4.78, 5) is 10.7. The number of aryl methyl sites for hydroxylation is 1. The monoisotopic (exact) mass is 750 g/mol. The summed E-state index contributed by atoms with van der Waals surface area (Å²) >= 11 is 1.82. The number of hydrogen-bond donors (Lipinski definition) is 1. The van der Waals surface area contributed by atoms with Gasteiger partial charge in [0, 0.05) is 58.7 Å². The first-order valence-electron chi connectivity index (χ1n) is 19.5. The molecule has 57 heavy (non-hydrogen) atoms. The van der Waals surface area contributed by atoms with Gasteiger partial charge in [0.05, 0.1) is 11.2 Å². The van der Waals surface area contributed by atoms with Crippen molar-refractivity contribution in [3.63, 3.8) is 0 Å². The first-order valence-corrected chi connectivity index (χ1v) is 20.3. The number of hydrogen-bond acceptors (Lipinski definition) is 5. The molecule has 7 aromatic carbocycles. The van der Waals surface area contributed by atoms with Gasteiger partial charge in [-0.15, -0.1) is 11.3 Å². The number of rotatable bonds is 5. The highest BCUT2D eigenvalue weighted by Crippen LogP contribution is 2.40. The van der Waals surface area contributed by atoms with Crippen LogP contribution >= 0.6 is 11.3 Å². The summed E-state index contributed by atoms with van der Waals surface area (Å²) in [7, 11) is 0. The minimum Gasteiger partial charge on any atom is -0.456 e. The molecule has 0 fully saturated rings. The molecule has 0 saturated carbocycles. The van der Waals surface area contributed by atoms with Crippen LogP contribution in [0.3, 0.4) is 0 Å². The lowest BCUT2D eigenvalue weighted by Gasteiger charge is -2.24. The molecule has 1 atom stereocenters. The number of aromatic nitrogens is 1. The molecule has 1 aliphatic heterocycles. The van der Waals surface area contributed by atoms with Crippen LogP contribution in [0.2, 0.25) is 0 Å². The van der Waals surface area contributed by atoms with Gasteiger partial charge in [-0.2, -0.15) is 0 Å². The number of nitrogens with one attached hydrogen (secondary N) is 1. The molecule has 0 radical (unpaired) electrons. The summed E-state index contributed by atoms with van der Waals surface area (Å²) in [6.45, 7) is 0. The molecule has 0 bridgehead atoms. The van der Waals surface area contributed by atoms with Crippen molar-refractivity contribution in [2.24, 2.45) is 9.98 Å². The Balaban J connectivity index is 1.04. The SMILES string of the molecule is C1=C(c2ccccc2)CCc2c1n(-c1cccc(C3=NC(c4ccc5c(c4)oc4ccccc45)NC(c4cccc5sc6ccccc6c45)=N3)c1)c1ccccc21. The molecule has 1 aliphatic carbocycles. The number of furan rings is 1. The van der Waals surface area contributed by atoms with E-state index < -0.39 is 6.17 Å². The molecule has 0 spiro atoms. The Kier molecular flexibility index (Phi) is 7.22. The third-order valence-corrected chi connectivity index (χ3v) is 12.7. The predicted octanol–water partition coefficient (Wildman–Crippen LogP) is 12.9. The fraction of sp³-hybridized carbons (Fsp3) is 0.0588. The van der Waals surface area contributed by atoms with Crippen molar-refractivity contribution in [2.45, 2.75) is 19.0 Å². The summed E-state index contributed by atoms with van der Waals surface area (Å²) in [5.74, 6) is 1.48. The number of aliphatic imine (C=N–C) groups is 2. The molecule has 5 nitrogen and oxygen atoms in total. The standard InChI is InChI=1S/C51H34N4OS/c1-2-12-31(13-3-1)32-24-26-37-36-16-4-7-20-42(36)55(43(37)29-32)35-15-10-14-33(28-35)49-52-50(34-25-27-39-38-17-5-8-21-44(38)56-45(39)30-34)54-51(53-49)41-19-11-23-47-48(41)40-18-6-9-22-46(40)57-47/h1-23,25,27-30,50H,24,26H2,(H,52,53,54). The van der Waals surface area contributed by atoms with Gasteiger partial charge in [-0.05, 0) is 78.1 Å². The summed E-state index contributed by atoms with van der Waals surface area (Å²) in [5, 5.41) is 9.72. The first kappa shape index (κ1) is 32.2. The maximum atomic E-state index is 6.36. The van der Waals surface area contributed by atoms with Crippen molar-refractivity contribution in [3.8, 4) is 5.69 Å². The minimum atomic E-state index is -0.398. The van der Waals surface area contributed by atoms with E-state index in [4.69, 9.17) is 14.4 Å². The number of benzene rings is 7.